The van der Waals surface area contributed by atoms with Gasteiger partial charge in [-0.1, -0.05) is 0 Å². The summed E-state index contributed by atoms with van der Waals surface area (Å²) in [5.74, 6) is -0.800. The Kier molecular flexibility index (Phi) is 4.03. The number of aliphatic hydroxyl groups excluding tert-OH is 1. The number of carbonyl (C=O) groups is 1. The molecule has 1 aliphatic carbocycles. The second-order valence-electron chi connectivity index (χ2n) is 4.95. The number of Topliss-reactive ketones (excluding diaryl/α,β-unsaturated/α-hetero) is 1. The van der Waals surface area contributed by atoms with E-state index in [0.29, 0.717) is 30.9 Å². The first-order valence-corrected chi connectivity index (χ1v) is 6.44. The fourth-order valence-electron chi connectivity index (χ4n) is 2.45. The van der Waals surface area contributed by atoms with Gasteiger partial charge in [0.2, 0.25) is 0 Å². The Bertz CT molecular complexity index is 493. The van der Waals surface area contributed by atoms with E-state index in [2.05, 4.69) is 4.90 Å². The number of rotatable bonds is 2. The van der Waals surface area contributed by atoms with Crippen LogP contribution in [0.3, 0.4) is 0 Å². The number of nitrogens with zero attached hydrogens (tertiary/aromatic N) is 2. The molecule has 5 nitrogen and oxygen atoms in total. The molecule has 1 heterocycles. The lowest BCUT2D eigenvalue weighted by Gasteiger charge is -2.30. The van der Waals surface area contributed by atoms with Gasteiger partial charge in [0.15, 0.2) is 5.78 Å². The molecular formula is C14H18N2O3. The van der Waals surface area contributed by atoms with Crippen LogP contribution in [0.2, 0.25) is 0 Å². The lowest BCUT2D eigenvalue weighted by atomic mass is 9.83. The Morgan fingerprint density at radius 2 is 2.11 bits per heavy atom. The van der Waals surface area contributed by atoms with Crippen molar-refractivity contribution in [1.29, 1.82) is 5.26 Å². The van der Waals surface area contributed by atoms with Crippen LogP contribution in [0.5, 0.6) is 0 Å². The van der Waals surface area contributed by atoms with E-state index in [1.807, 2.05) is 6.07 Å². The number of nitriles is 1. The number of aliphatic hydroxyl groups is 1. The molecule has 0 aromatic carbocycles. The lowest BCUT2D eigenvalue weighted by molar-refractivity contribution is -0.118. The third kappa shape index (κ3) is 2.55. The lowest BCUT2D eigenvalue weighted by Crippen LogP contribution is -2.39. The molecule has 0 aromatic rings. The number of hydrogen-bond acceptors (Lipinski definition) is 5. The van der Waals surface area contributed by atoms with Crippen molar-refractivity contribution in [3.8, 4) is 6.07 Å². The highest BCUT2D eigenvalue weighted by molar-refractivity contribution is 6.04. The van der Waals surface area contributed by atoms with Gasteiger partial charge in [0.25, 0.3) is 0 Å². The van der Waals surface area contributed by atoms with E-state index in [0.717, 1.165) is 13.1 Å². The molecule has 0 aromatic heterocycles. The summed E-state index contributed by atoms with van der Waals surface area (Å²) in [6.45, 7) is 6.88. The van der Waals surface area contributed by atoms with Crippen LogP contribution in [0.4, 0.5) is 0 Å². The summed E-state index contributed by atoms with van der Waals surface area (Å²) in [4.78, 5) is 14.1. The smallest absolute Gasteiger partial charge is 0.183 e. The van der Waals surface area contributed by atoms with Gasteiger partial charge in [0, 0.05) is 25.2 Å². The van der Waals surface area contributed by atoms with Crippen LogP contribution in [-0.4, -0.2) is 48.6 Å². The van der Waals surface area contributed by atoms with Gasteiger partial charge in [-0.25, -0.2) is 0 Å². The van der Waals surface area contributed by atoms with Crippen molar-refractivity contribution in [2.75, 3.05) is 32.8 Å². The first kappa shape index (κ1) is 13.8. The molecule has 1 unspecified atom stereocenters. The number of morpholine rings is 1. The molecule has 102 valence electrons. The van der Waals surface area contributed by atoms with Crippen LogP contribution < -0.4 is 0 Å². The molecule has 0 saturated carbocycles. The first-order valence-electron chi connectivity index (χ1n) is 6.44. The van der Waals surface area contributed by atoms with E-state index in [9.17, 15) is 9.90 Å². The topological polar surface area (TPSA) is 73.6 Å². The van der Waals surface area contributed by atoms with Gasteiger partial charge in [0.1, 0.15) is 11.8 Å². The molecule has 0 bridgehead atoms. The Morgan fingerprint density at radius 1 is 1.47 bits per heavy atom. The molecule has 1 N–H and O–H groups in total. The van der Waals surface area contributed by atoms with Crippen molar-refractivity contribution in [3.63, 3.8) is 0 Å². The zero-order valence-electron chi connectivity index (χ0n) is 11.3. The summed E-state index contributed by atoms with van der Waals surface area (Å²) >= 11 is 0. The summed E-state index contributed by atoms with van der Waals surface area (Å²) < 4.78 is 5.28. The van der Waals surface area contributed by atoms with Gasteiger partial charge < -0.3 is 9.84 Å². The summed E-state index contributed by atoms with van der Waals surface area (Å²) in [6, 6.07) is 1.96. The molecular weight excluding hydrogens is 244 g/mol. The maximum Gasteiger partial charge on any atom is 0.183 e. The van der Waals surface area contributed by atoms with Crippen molar-refractivity contribution >= 4 is 5.78 Å². The van der Waals surface area contributed by atoms with E-state index in [-0.39, 0.29) is 17.1 Å². The minimum Gasteiger partial charge on any atom is -0.511 e. The molecule has 1 atom stereocenters. The summed E-state index contributed by atoms with van der Waals surface area (Å²) in [7, 11) is 0. The second-order valence-corrected chi connectivity index (χ2v) is 4.95. The average Bonchev–Trinajstić information content (AvgIpc) is 2.43. The molecule has 1 saturated heterocycles. The maximum atomic E-state index is 11.9. The highest BCUT2D eigenvalue weighted by Crippen LogP contribution is 2.31. The second kappa shape index (κ2) is 5.55. The highest BCUT2D eigenvalue weighted by atomic mass is 16.5. The third-order valence-electron chi connectivity index (χ3n) is 3.78. The quantitative estimate of drug-likeness (QED) is 0.809. The minimum atomic E-state index is -0.616. The molecule has 19 heavy (non-hydrogen) atoms. The van der Waals surface area contributed by atoms with Crippen LogP contribution in [0.1, 0.15) is 13.8 Å². The van der Waals surface area contributed by atoms with Crippen LogP contribution in [-0.2, 0) is 9.53 Å². The van der Waals surface area contributed by atoms with Gasteiger partial charge in [-0.15, -0.1) is 0 Å². The molecule has 1 aliphatic heterocycles. The SMILES string of the molecule is CC1=C(C#N)C(=O)C(C)C(O)=C1CN1CCOCC1. The van der Waals surface area contributed by atoms with E-state index >= 15 is 0 Å². The van der Waals surface area contributed by atoms with E-state index in [1.54, 1.807) is 13.8 Å². The zero-order chi connectivity index (χ0) is 14.0. The van der Waals surface area contributed by atoms with E-state index in [1.165, 1.54) is 0 Å². The highest BCUT2D eigenvalue weighted by Gasteiger charge is 2.32. The van der Waals surface area contributed by atoms with Gasteiger partial charge in [-0.2, -0.15) is 5.26 Å². The number of hydrogen-bond donors (Lipinski definition) is 1. The molecule has 0 spiro atoms. The molecule has 5 heteroatoms. The molecule has 0 amide bonds. The summed E-state index contributed by atoms with van der Waals surface area (Å²) in [6.07, 6.45) is 0. The maximum absolute atomic E-state index is 11.9. The fourth-order valence-corrected chi connectivity index (χ4v) is 2.45. The normalized spacial score (nSPS) is 25.7. The van der Waals surface area contributed by atoms with E-state index < -0.39 is 5.92 Å². The zero-order valence-corrected chi connectivity index (χ0v) is 11.3. The number of ether oxygens (including phenoxy) is 1. The predicted molar refractivity (Wildman–Crippen MR) is 69.4 cm³/mol. The summed E-state index contributed by atoms with van der Waals surface area (Å²) in [5, 5.41) is 19.3. The number of ketones is 1. The third-order valence-corrected chi connectivity index (χ3v) is 3.78. The first-order chi connectivity index (χ1) is 9.06. The minimum absolute atomic E-state index is 0.105. The van der Waals surface area contributed by atoms with Gasteiger partial charge in [-0.05, 0) is 19.4 Å². The van der Waals surface area contributed by atoms with Crippen molar-refractivity contribution in [1.82, 2.24) is 4.90 Å². The molecule has 0 radical (unpaired) electrons. The fraction of sp³-hybridized carbons (Fsp3) is 0.571. The average molecular weight is 262 g/mol. The molecule has 2 rings (SSSR count). The van der Waals surface area contributed by atoms with Gasteiger partial charge in [-0.3, -0.25) is 9.69 Å². The van der Waals surface area contributed by atoms with Gasteiger partial charge >= 0.3 is 0 Å². The monoisotopic (exact) mass is 262 g/mol. The van der Waals surface area contributed by atoms with Gasteiger partial charge in [0.05, 0.1) is 24.7 Å². The standard InChI is InChI=1S/C14H18N2O3/c1-9-11(7-15)13(17)10(2)14(18)12(9)8-16-3-5-19-6-4-16/h10,18H,3-6,8H2,1-2H3. The Hall–Kier alpha value is -1.64. The van der Waals surface area contributed by atoms with Crippen molar-refractivity contribution < 1.29 is 14.6 Å². The molecule has 1 fully saturated rings. The van der Waals surface area contributed by atoms with Crippen molar-refractivity contribution in [3.05, 3.63) is 22.5 Å². The van der Waals surface area contributed by atoms with Crippen LogP contribution >= 0.6 is 0 Å². The Labute approximate surface area is 112 Å². The number of allylic oxidation sites excluding steroid dienone is 2. The Balaban J connectivity index is 2.28. The Morgan fingerprint density at radius 3 is 2.68 bits per heavy atom. The largest absolute Gasteiger partial charge is 0.511 e. The summed E-state index contributed by atoms with van der Waals surface area (Å²) in [5.41, 5.74) is 1.49. The van der Waals surface area contributed by atoms with Crippen molar-refractivity contribution in [2.45, 2.75) is 13.8 Å². The molecule has 2 aliphatic rings. The van der Waals surface area contributed by atoms with Crippen LogP contribution in [0, 0.1) is 17.2 Å². The van der Waals surface area contributed by atoms with Crippen molar-refractivity contribution in [2.24, 2.45) is 5.92 Å². The van der Waals surface area contributed by atoms with Crippen LogP contribution in [0.25, 0.3) is 0 Å². The number of carbonyl (C=O) groups excluding carboxylic acids is 1. The van der Waals surface area contributed by atoms with E-state index in [4.69, 9.17) is 10.00 Å². The predicted octanol–water partition coefficient (Wildman–Crippen LogP) is 1.19. The van der Waals surface area contributed by atoms with Crippen LogP contribution in [0.15, 0.2) is 22.5 Å².